The second-order valence-electron chi connectivity index (χ2n) is 5.83. The maximum Gasteiger partial charge on any atom is 0.341 e. The summed E-state index contributed by atoms with van der Waals surface area (Å²) in [7, 11) is 0. The predicted octanol–water partition coefficient (Wildman–Crippen LogP) is 4.73. The number of halogens is 2. The molecule has 2 aromatic carbocycles. The molecule has 3 rings (SSSR count). The van der Waals surface area contributed by atoms with Crippen LogP contribution in [0.15, 0.2) is 65.8 Å². The summed E-state index contributed by atoms with van der Waals surface area (Å²) in [6.45, 7) is 1.41. The number of hydrogen-bond acceptors (Lipinski definition) is 5. The highest BCUT2D eigenvalue weighted by Gasteiger charge is 2.23. The Kier molecular flexibility index (Phi) is 6.20. The number of ether oxygens (including phenoxy) is 1. The average Bonchev–Trinajstić information content (AvgIpc) is 2.67. The molecule has 0 fully saturated rings. The van der Waals surface area contributed by atoms with Crippen LogP contribution in [0.4, 0.5) is 14.5 Å². The number of hydrogen-bond donors (Lipinski definition) is 1. The van der Waals surface area contributed by atoms with E-state index in [-0.39, 0.29) is 22.4 Å². The summed E-state index contributed by atoms with van der Waals surface area (Å²) >= 11 is 0.147. The van der Waals surface area contributed by atoms with Gasteiger partial charge in [-0.05, 0) is 53.7 Å². The van der Waals surface area contributed by atoms with Crippen molar-refractivity contribution >= 4 is 40.1 Å². The molecule has 1 heterocycles. The highest BCUT2D eigenvalue weighted by molar-refractivity contribution is 7.99. The molecule has 8 heteroatoms. The zero-order valence-electron chi connectivity index (χ0n) is 14.8. The molecule has 0 aliphatic rings. The normalized spacial score (nSPS) is 12.0. The molecule has 1 N–H and O–H groups in total. The van der Waals surface area contributed by atoms with Crippen molar-refractivity contribution in [2.45, 2.75) is 23.8 Å². The molecule has 0 unspecified atom stereocenters. The van der Waals surface area contributed by atoms with Gasteiger partial charge in [0.2, 0.25) is 0 Å². The predicted molar refractivity (Wildman–Crippen MR) is 104 cm³/mol. The third kappa shape index (κ3) is 4.83. The van der Waals surface area contributed by atoms with Crippen molar-refractivity contribution < 1.29 is 23.1 Å². The first-order chi connectivity index (χ1) is 13.4. The van der Waals surface area contributed by atoms with Crippen LogP contribution in [0, 0.1) is 0 Å². The SMILES string of the molecule is C[C@@H](OC(=O)c1cccnc1SC(F)F)C(=O)Nc1ccc2ccccc2c1. The van der Waals surface area contributed by atoms with Gasteiger partial charge < -0.3 is 10.1 Å². The number of carbonyl (C=O) groups excluding carboxylic acids is 2. The summed E-state index contributed by atoms with van der Waals surface area (Å²) in [6.07, 6.45) is 0.181. The van der Waals surface area contributed by atoms with Gasteiger partial charge in [-0.15, -0.1) is 0 Å². The average molecular weight is 402 g/mol. The minimum Gasteiger partial charge on any atom is -0.449 e. The number of esters is 1. The minimum atomic E-state index is -2.73. The number of anilines is 1. The summed E-state index contributed by atoms with van der Waals surface area (Å²) in [4.78, 5) is 28.4. The van der Waals surface area contributed by atoms with Crippen molar-refractivity contribution in [3.63, 3.8) is 0 Å². The first kappa shape index (κ1) is 19.8. The molecule has 0 saturated heterocycles. The topological polar surface area (TPSA) is 68.3 Å². The lowest BCUT2D eigenvalue weighted by molar-refractivity contribution is -0.123. The van der Waals surface area contributed by atoms with Crippen LogP contribution in [0.5, 0.6) is 0 Å². The van der Waals surface area contributed by atoms with E-state index in [1.165, 1.54) is 25.3 Å². The van der Waals surface area contributed by atoms with E-state index in [9.17, 15) is 18.4 Å². The van der Waals surface area contributed by atoms with Crippen LogP contribution in [0.2, 0.25) is 0 Å². The number of carbonyl (C=O) groups is 2. The number of rotatable bonds is 6. The van der Waals surface area contributed by atoms with Crippen LogP contribution < -0.4 is 5.32 Å². The van der Waals surface area contributed by atoms with Crippen molar-refractivity contribution in [2.75, 3.05) is 5.32 Å². The fourth-order valence-corrected chi connectivity index (χ4v) is 3.08. The number of fused-ring (bicyclic) bond motifs is 1. The van der Waals surface area contributed by atoms with Crippen molar-refractivity contribution in [2.24, 2.45) is 0 Å². The van der Waals surface area contributed by atoms with Crippen molar-refractivity contribution in [1.82, 2.24) is 4.98 Å². The van der Waals surface area contributed by atoms with Gasteiger partial charge in [0.1, 0.15) is 5.03 Å². The lowest BCUT2D eigenvalue weighted by atomic mass is 10.1. The second-order valence-corrected chi connectivity index (χ2v) is 6.81. The van der Waals surface area contributed by atoms with Gasteiger partial charge in [0.15, 0.2) is 6.10 Å². The highest BCUT2D eigenvalue weighted by Crippen LogP contribution is 2.27. The van der Waals surface area contributed by atoms with E-state index in [0.29, 0.717) is 5.69 Å². The molecule has 0 aliphatic carbocycles. The third-order valence-electron chi connectivity index (χ3n) is 3.86. The molecule has 0 spiro atoms. The molecule has 0 bridgehead atoms. The lowest BCUT2D eigenvalue weighted by Crippen LogP contribution is -2.30. The van der Waals surface area contributed by atoms with E-state index in [1.807, 2.05) is 30.3 Å². The molecule has 1 amide bonds. The quantitative estimate of drug-likeness (QED) is 0.477. The van der Waals surface area contributed by atoms with Gasteiger partial charge in [-0.3, -0.25) is 4.79 Å². The Bertz CT molecular complexity index is 1010. The maximum atomic E-state index is 12.6. The summed E-state index contributed by atoms with van der Waals surface area (Å²) in [6, 6.07) is 15.9. The van der Waals surface area contributed by atoms with Crippen molar-refractivity contribution in [3.05, 3.63) is 66.4 Å². The molecule has 1 atom stereocenters. The molecular weight excluding hydrogens is 386 g/mol. The highest BCUT2D eigenvalue weighted by atomic mass is 32.2. The first-order valence-electron chi connectivity index (χ1n) is 8.34. The number of aromatic nitrogens is 1. The molecule has 0 saturated carbocycles. The van der Waals surface area contributed by atoms with Crippen LogP contribution in [0.1, 0.15) is 17.3 Å². The van der Waals surface area contributed by atoms with E-state index in [2.05, 4.69) is 10.3 Å². The Morgan fingerprint density at radius 1 is 1.07 bits per heavy atom. The summed E-state index contributed by atoms with van der Waals surface area (Å²) in [5.41, 5.74) is 0.445. The standard InChI is InChI=1S/C20H16F2N2O3S/c1-12(27-19(26)16-7-4-10-23-18(16)28-20(21)22)17(25)24-15-9-8-13-5-2-3-6-14(13)11-15/h2-12,20H,1H3,(H,24,25)/t12-/m1/s1. The Morgan fingerprint density at radius 3 is 2.57 bits per heavy atom. The largest absolute Gasteiger partial charge is 0.449 e. The van der Waals surface area contributed by atoms with Crippen LogP contribution in [-0.2, 0) is 9.53 Å². The first-order valence-corrected chi connectivity index (χ1v) is 9.22. The van der Waals surface area contributed by atoms with Crippen molar-refractivity contribution in [1.29, 1.82) is 0 Å². The Hall–Kier alpha value is -3.00. The fraction of sp³-hybridized carbons (Fsp3) is 0.150. The van der Waals surface area contributed by atoms with Gasteiger partial charge in [-0.2, -0.15) is 8.78 Å². The minimum absolute atomic E-state index is 0.113. The zero-order chi connectivity index (χ0) is 20.1. The van der Waals surface area contributed by atoms with Crippen LogP contribution in [-0.4, -0.2) is 28.7 Å². The number of amides is 1. The molecule has 0 radical (unpaired) electrons. The van der Waals surface area contributed by atoms with E-state index >= 15 is 0 Å². The number of nitrogens with zero attached hydrogens (tertiary/aromatic N) is 1. The van der Waals surface area contributed by atoms with Gasteiger partial charge >= 0.3 is 5.97 Å². The van der Waals surface area contributed by atoms with E-state index < -0.39 is 23.7 Å². The number of thioether (sulfide) groups is 1. The number of alkyl halides is 2. The number of benzene rings is 2. The molecule has 0 aliphatic heterocycles. The van der Waals surface area contributed by atoms with E-state index in [4.69, 9.17) is 4.74 Å². The third-order valence-corrected chi connectivity index (χ3v) is 4.59. The molecule has 3 aromatic rings. The fourth-order valence-electron chi connectivity index (χ4n) is 2.51. The Labute approximate surface area is 164 Å². The maximum absolute atomic E-state index is 12.6. The van der Waals surface area contributed by atoms with Gasteiger partial charge in [-0.1, -0.05) is 30.3 Å². The molecule has 1 aromatic heterocycles. The van der Waals surface area contributed by atoms with Gasteiger partial charge in [-0.25, -0.2) is 9.78 Å². The number of pyridine rings is 1. The Balaban J connectivity index is 1.67. The smallest absolute Gasteiger partial charge is 0.341 e. The molecule has 144 valence electrons. The number of nitrogens with one attached hydrogen (secondary N) is 1. The van der Waals surface area contributed by atoms with Crippen LogP contribution in [0.25, 0.3) is 10.8 Å². The molecular formula is C20H16F2N2O3S. The molecule has 28 heavy (non-hydrogen) atoms. The monoisotopic (exact) mass is 402 g/mol. The molecule has 5 nitrogen and oxygen atoms in total. The zero-order valence-corrected chi connectivity index (χ0v) is 15.6. The van der Waals surface area contributed by atoms with E-state index in [1.54, 1.807) is 12.1 Å². The Morgan fingerprint density at radius 2 is 1.82 bits per heavy atom. The van der Waals surface area contributed by atoms with Gasteiger partial charge in [0.25, 0.3) is 11.7 Å². The summed E-state index contributed by atoms with van der Waals surface area (Å²) in [5.74, 6) is -4.15. The lowest BCUT2D eigenvalue weighted by Gasteiger charge is -2.15. The van der Waals surface area contributed by atoms with Crippen LogP contribution in [0.3, 0.4) is 0 Å². The van der Waals surface area contributed by atoms with Gasteiger partial charge in [0, 0.05) is 11.9 Å². The second kappa shape index (κ2) is 8.79. The van der Waals surface area contributed by atoms with E-state index in [0.717, 1.165) is 10.8 Å². The summed E-state index contributed by atoms with van der Waals surface area (Å²) < 4.78 is 30.4. The van der Waals surface area contributed by atoms with Crippen molar-refractivity contribution in [3.8, 4) is 0 Å². The summed E-state index contributed by atoms with van der Waals surface area (Å²) in [5, 5.41) is 4.51. The van der Waals surface area contributed by atoms with Crippen LogP contribution >= 0.6 is 11.8 Å². The van der Waals surface area contributed by atoms with Gasteiger partial charge in [0.05, 0.1) is 5.56 Å².